The molecule has 0 rings (SSSR count). The Hall–Kier alpha value is -2.30. The molecule has 3 unspecified atom stereocenters. The summed E-state index contributed by atoms with van der Waals surface area (Å²) in [5, 5.41) is 21.9. The van der Waals surface area contributed by atoms with Crippen LogP contribution in [0.2, 0.25) is 0 Å². The normalized spacial score (nSPS) is 13.9. The van der Waals surface area contributed by atoms with E-state index in [0.717, 1.165) is 64.2 Å². The van der Waals surface area contributed by atoms with Crippen LogP contribution < -0.4 is 5.32 Å². The first-order valence-corrected chi connectivity index (χ1v) is 26.0. The lowest BCUT2D eigenvalue weighted by atomic mass is 10.1. The number of ether oxygens (including phenoxy) is 1. The number of hydrogen-bond donors (Lipinski definition) is 4. The van der Waals surface area contributed by atoms with E-state index in [9.17, 15) is 34.1 Å². The van der Waals surface area contributed by atoms with Crippen LogP contribution in [0, 0.1) is 0 Å². The number of aliphatic carboxylic acids is 1. The molecule has 356 valence electrons. The number of esters is 1. The molecule has 11 nitrogen and oxygen atoms in total. The highest BCUT2D eigenvalue weighted by atomic mass is 31.2. The van der Waals surface area contributed by atoms with Crippen LogP contribution in [0.1, 0.15) is 226 Å². The van der Waals surface area contributed by atoms with E-state index in [0.29, 0.717) is 12.8 Å². The number of hydrogen-bond acceptors (Lipinski definition) is 8. The summed E-state index contributed by atoms with van der Waals surface area (Å²) in [7, 11) is -4.76. The van der Waals surface area contributed by atoms with Crippen LogP contribution in [-0.4, -0.2) is 64.9 Å². The monoisotopic (exact) mass is 884 g/mol. The number of amides is 1. The fourth-order valence-corrected chi connectivity index (χ4v) is 7.58. The number of carbonyl (C=O) groups excluding carboxylic acids is 2. The summed E-state index contributed by atoms with van der Waals surface area (Å²) >= 11 is 0. The smallest absolute Gasteiger partial charge is 0.472 e. The van der Waals surface area contributed by atoms with Gasteiger partial charge < -0.3 is 25.2 Å². The summed E-state index contributed by atoms with van der Waals surface area (Å²) in [6, 6.07) is -1.55. The molecular weight excluding hydrogens is 794 g/mol. The minimum absolute atomic E-state index is 0.141. The predicted molar refractivity (Wildman–Crippen MR) is 249 cm³/mol. The van der Waals surface area contributed by atoms with Crippen LogP contribution in [0.4, 0.5) is 0 Å². The standard InChI is InChI=1S/C49H90NO10P/c1-3-5-7-9-11-13-15-17-19-21-23-25-27-29-31-33-35-37-39-41-48(53)58-42-45(51)43-59-61(56,57)60-44-46(49(54)55)50-47(52)40-38-36-34-32-30-28-26-24-22-20-18-16-14-12-10-8-6-4-2/h11,13,17,19-20,22,45-46,51H,3-10,12,14-16,18,21,23-44H2,1-2H3,(H,50,52)(H,54,55)(H,56,57)/b13-11-,19-17-,22-20-. The number of carbonyl (C=O) groups is 3. The maximum atomic E-state index is 12.3. The summed E-state index contributed by atoms with van der Waals surface area (Å²) in [5.74, 6) is -2.38. The second kappa shape index (κ2) is 44.3. The van der Waals surface area contributed by atoms with E-state index in [1.807, 2.05) is 0 Å². The Morgan fingerprint density at radius 3 is 1.38 bits per heavy atom. The molecular formula is C49H90NO10P. The number of carboxylic acids is 1. The fraction of sp³-hybridized carbons (Fsp3) is 0.816. The molecule has 0 saturated carbocycles. The SMILES string of the molecule is CCCCC/C=C\C/C=C\CCCCCCCCCCCC(=O)OCC(O)COP(=O)(O)OCC(NC(=O)CCCCCCCCC/C=C\CCCCCCCCC)C(=O)O. The molecule has 0 aliphatic carbocycles. The zero-order chi connectivity index (χ0) is 44.9. The number of rotatable bonds is 46. The maximum Gasteiger partial charge on any atom is 0.472 e. The van der Waals surface area contributed by atoms with Crippen molar-refractivity contribution in [1.29, 1.82) is 0 Å². The molecule has 0 saturated heterocycles. The van der Waals surface area contributed by atoms with Gasteiger partial charge in [-0.25, -0.2) is 9.36 Å². The van der Waals surface area contributed by atoms with E-state index in [-0.39, 0.29) is 12.8 Å². The van der Waals surface area contributed by atoms with Crippen molar-refractivity contribution >= 4 is 25.7 Å². The van der Waals surface area contributed by atoms with E-state index in [2.05, 4.69) is 55.6 Å². The van der Waals surface area contributed by atoms with E-state index in [1.165, 1.54) is 122 Å². The minimum atomic E-state index is -4.76. The van der Waals surface area contributed by atoms with E-state index >= 15 is 0 Å². The molecule has 0 radical (unpaired) electrons. The van der Waals surface area contributed by atoms with E-state index in [4.69, 9.17) is 13.8 Å². The molecule has 12 heteroatoms. The number of aliphatic hydroxyl groups excluding tert-OH is 1. The maximum absolute atomic E-state index is 12.3. The van der Waals surface area contributed by atoms with Crippen molar-refractivity contribution < 1.29 is 47.8 Å². The highest BCUT2D eigenvalue weighted by molar-refractivity contribution is 7.47. The molecule has 0 bridgehead atoms. The topological polar surface area (TPSA) is 169 Å². The summed E-state index contributed by atoms with van der Waals surface area (Å²) in [4.78, 5) is 46.1. The van der Waals surface area contributed by atoms with Gasteiger partial charge in [-0.1, -0.05) is 179 Å². The summed E-state index contributed by atoms with van der Waals surface area (Å²) in [5.41, 5.74) is 0. The highest BCUT2D eigenvalue weighted by Crippen LogP contribution is 2.43. The number of unbranched alkanes of at least 4 members (excludes halogenated alkanes) is 26. The van der Waals surface area contributed by atoms with Gasteiger partial charge >= 0.3 is 19.8 Å². The lowest BCUT2D eigenvalue weighted by molar-refractivity contribution is -0.147. The van der Waals surface area contributed by atoms with Crippen molar-refractivity contribution in [2.45, 2.75) is 238 Å². The minimum Gasteiger partial charge on any atom is -0.480 e. The van der Waals surface area contributed by atoms with Gasteiger partial charge in [-0.3, -0.25) is 18.6 Å². The number of phosphoric ester groups is 1. The number of aliphatic hydroxyl groups is 1. The predicted octanol–water partition coefficient (Wildman–Crippen LogP) is 13.2. The average molecular weight is 884 g/mol. The molecule has 61 heavy (non-hydrogen) atoms. The van der Waals surface area contributed by atoms with E-state index < -0.39 is 57.6 Å². The van der Waals surface area contributed by atoms with Crippen molar-refractivity contribution in [2.75, 3.05) is 19.8 Å². The Bertz CT molecular complexity index is 1180. The van der Waals surface area contributed by atoms with Crippen molar-refractivity contribution in [2.24, 2.45) is 0 Å². The highest BCUT2D eigenvalue weighted by Gasteiger charge is 2.28. The molecule has 0 aliphatic heterocycles. The van der Waals surface area contributed by atoms with Gasteiger partial charge in [-0.05, 0) is 70.6 Å². The summed E-state index contributed by atoms with van der Waals surface area (Å²) < 4.78 is 26.9. The summed E-state index contributed by atoms with van der Waals surface area (Å²) in [6.45, 7) is 2.58. The van der Waals surface area contributed by atoms with Gasteiger partial charge in [0.1, 0.15) is 12.7 Å². The van der Waals surface area contributed by atoms with Crippen LogP contribution in [0.15, 0.2) is 36.5 Å². The van der Waals surface area contributed by atoms with Gasteiger partial charge in [0.25, 0.3) is 0 Å². The quantitative estimate of drug-likeness (QED) is 0.0200. The molecule has 3 atom stereocenters. The van der Waals surface area contributed by atoms with Crippen molar-refractivity contribution in [3.63, 3.8) is 0 Å². The summed E-state index contributed by atoms with van der Waals surface area (Å²) in [6.07, 6.45) is 48.7. The number of carboxylic acid groups (broad SMARTS) is 1. The van der Waals surface area contributed by atoms with Crippen LogP contribution in [0.25, 0.3) is 0 Å². The second-order valence-corrected chi connectivity index (χ2v) is 18.1. The average Bonchev–Trinajstić information content (AvgIpc) is 3.24. The Balaban J connectivity index is 3.85. The van der Waals surface area contributed by atoms with Crippen molar-refractivity contribution in [1.82, 2.24) is 5.32 Å². The van der Waals surface area contributed by atoms with Gasteiger partial charge in [0.05, 0.1) is 13.2 Å². The molecule has 0 aliphatic rings. The zero-order valence-corrected chi connectivity index (χ0v) is 39.6. The first kappa shape index (κ1) is 58.7. The molecule has 0 aromatic rings. The van der Waals surface area contributed by atoms with Gasteiger partial charge in [0.2, 0.25) is 5.91 Å². The Labute approximate surface area is 371 Å². The lowest BCUT2D eigenvalue weighted by Gasteiger charge is -2.18. The molecule has 0 heterocycles. The van der Waals surface area contributed by atoms with Crippen LogP contribution >= 0.6 is 7.82 Å². The number of nitrogens with one attached hydrogen (secondary N) is 1. The molecule has 1 amide bonds. The molecule has 0 spiro atoms. The van der Waals surface area contributed by atoms with Gasteiger partial charge in [-0.2, -0.15) is 0 Å². The zero-order valence-electron chi connectivity index (χ0n) is 38.7. The lowest BCUT2D eigenvalue weighted by Crippen LogP contribution is -2.43. The number of phosphoric acid groups is 1. The molecule has 0 aromatic carbocycles. The Kier molecular flexibility index (Phi) is 42.6. The van der Waals surface area contributed by atoms with Crippen LogP contribution in [-0.2, 0) is 32.7 Å². The van der Waals surface area contributed by atoms with Crippen LogP contribution in [0.3, 0.4) is 0 Å². The third-order valence-electron chi connectivity index (χ3n) is 10.7. The Morgan fingerprint density at radius 2 is 0.902 bits per heavy atom. The van der Waals surface area contributed by atoms with Gasteiger partial charge in [-0.15, -0.1) is 0 Å². The Morgan fingerprint density at radius 1 is 0.525 bits per heavy atom. The molecule has 0 fully saturated rings. The third-order valence-corrected chi connectivity index (χ3v) is 11.6. The van der Waals surface area contributed by atoms with Crippen LogP contribution in [0.5, 0.6) is 0 Å². The first-order valence-electron chi connectivity index (χ1n) is 24.5. The van der Waals surface area contributed by atoms with Gasteiger partial charge in [0.15, 0.2) is 6.04 Å². The van der Waals surface area contributed by atoms with E-state index in [1.54, 1.807) is 0 Å². The molecule has 4 N–H and O–H groups in total. The second-order valence-electron chi connectivity index (χ2n) is 16.6. The third kappa shape index (κ3) is 44.1. The first-order chi connectivity index (χ1) is 29.6. The number of allylic oxidation sites excluding steroid dienone is 6. The van der Waals surface area contributed by atoms with Crippen molar-refractivity contribution in [3.8, 4) is 0 Å². The van der Waals surface area contributed by atoms with Gasteiger partial charge in [0, 0.05) is 12.8 Å². The fourth-order valence-electron chi connectivity index (χ4n) is 6.81. The molecule has 0 aromatic heterocycles. The largest absolute Gasteiger partial charge is 0.480 e. The van der Waals surface area contributed by atoms with Crippen molar-refractivity contribution in [3.05, 3.63) is 36.5 Å².